The summed E-state index contributed by atoms with van der Waals surface area (Å²) >= 11 is 0. The highest BCUT2D eigenvalue weighted by Crippen LogP contribution is 2.30. The zero-order valence-electron chi connectivity index (χ0n) is 20.1. The maximum absolute atomic E-state index is 14.3. The number of sulfonamides is 1. The zero-order chi connectivity index (χ0) is 25.2. The SMILES string of the molecule is O=S(=O)(c1cccc2cccnc12)N1Cc2ccccc2COCC1Cc1nc(-c2ccccc2)c[nH]1. The van der Waals surface area contributed by atoms with Gasteiger partial charge in [-0.2, -0.15) is 4.31 Å². The minimum absolute atomic E-state index is 0.193. The van der Waals surface area contributed by atoms with E-state index >= 15 is 0 Å². The van der Waals surface area contributed by atoms with Crippen LogP contribution in [0.5, 0.6) is 0 Å². The summed E-state index contributed by atoms with van der Waals surface area (Å²) in [5, 5.41) is 0.780. The van der Waals surface area contributed by atoms with E-state index in [1.807, 2.05) is 79.0 Å². The zero-order valence-corrected chi connectivity index (χ0v) is 20.9. The Hall–Kier alpha value is -3.85. The highest BCUT2D eigenvalue weighted by molar-refractivity contribution is 7.89. The molecule has 186 valence electrons. The number of imidazole rings is 1. The van der Waals surface area contributed by atoms with Crippen LogP contribution in [0.1, 0.15) is 17.0 Å². The maximum Gasteiger partial charge on any atom is 0.245 e. The van der Waals surface area contributed by atoms with Crippen molar-refractivity contribution >= 4 is 20.9 Å². The van der Waals surface area contributed by atoms with Crippen LogP contribution in [0.4, 0.5) is 0 Å². The second-order valence-corrected chi connectivity index (χ2v) is 11.0. The van der Waals surface area contributed by atoms with E-state index in [1.165, 1.54) is 0 Å². The van der Waals surface area contributed by atoms with Gasteiger partial charge in [0.1, 0.15) is 10.7 Å². The molecule has 0 radical (unpaired) electrons. The van der Waals surface area contributed by atoms with E-state index < -0.39 is 16.1 Å². The van der Waals surface area contributed by atoms with Crippen molar-refractivity contribution in [2.45, 2.75) is 30.5 Å². The van der Waals surface area contributed by atoms with Crippen molar-refractivity contribution in [3.8, 4) is 11.3 Å². The summed E-state index contributed by atoms with van der Waals surface area (Å²) in [6, 6.07) is 26.2. The standard InChI is InChI=1S/C29H26N4O3S/c34-37(35,27-14-6-12-22-13-7-15-30-29(22)27)33-18-23-10-4-5-11-24(23)19-36-20-25(33)16-28-31-17-26(32-28)21-8-2-1-3-9-21/h1-15,17,25H,16,18-20H2,(H,31,32). The molecule has 0 amide bonds. The van der Waals surface area contributed by atoms with Gasteiger partial charge in [-0.25, -0.2) is 13.4 Å². The molecule has 37 heavy (non-hydrogen) atoms. The summed E-state index contributed by atoms with van der Waals surface area (Å²) in [5.74, 6) is 0.706. The summed E-state index contributed by atoms with van der Waals surface area (Å²) in [5.41, 5.74) is 4.19. The minimum atomic E-state index is -3.94. The first kappa shape index (κ1) is 23.5. The van der Waals surface area contributed by atoms with Gasteiger partial charge in [-0.15, -0.1) is 0 Å². The average molecular weight is 511 g/mol. The lowest BCUT2D eigenvalue weighted by Crippen LogP contribution is -2.45. The number of pyridine rings is 1. The fourth-order valence-electron chi connectivity index (χ4n) is 4.84. The van der Waals surface area contributed by atoms with Crippen molar-refractivity contribution in [3.63, 3.8) is 0 Å². The van der Waals surface area contributed by atoms with Crippen molar-refractivity contribution in [2.75, 3.05) is 6.61 Å². The van der Waals surface area contributed by atoms with Crippen LogP contribution in [0.25, 0.3) is 22.2 Å². The quantitative estimate of drug-likeness (QED) is 0.361. The molecule has 6 rings (SSSR count). The highest BCUT2D eigenvalue weighted by atomic mass is 32.2. The Balaban J connectivity index is 1.41. The molecule has 0 aliphatic carbocycles. The summed E-state index contributed by atoms with van der Waals surface area (Å²) in [7, 11) is -3.94. The second kappa shape index (κ2) is 9.89. The third kappa shape index (κ3) is 4.67. The number of para-hydroxylation sites is 1. The molecule has 0 saturated heterocycles. The van der Waals surface area contributed by atoms with Gasteiger partial charge in [-0.05, 0) is 23.3 Å². The van der Waals surface area contributed by atoms with Crippen LogP contribution < -0.4 is 0 Å². The Labute approximate surface area is 215 Å². The fraction of sp³-hybridized carbons (Fsp3) is 0.172. The predicted molar refractivity (Wildman–Crippen MR) is 142 cm³/mol. The van der Waals surface area contributed by atoms with Crippen LogP contribution in [0, 0.1) is 0 Å². The molecule has 1 atom stereocenters. The van der Waals surface area contributed by atoms with Gasteiger partial charge in [-0.3, -0.25) is 4.98 Å². The van der Waals surface area contributed by atoms with Crippen LogP contribution in [0.3, 0.4) is 0 Å². The average Bonchev–Trinajstić information content (AvgIpc) is 3.39. The van der Waals surface area contributed by atoms with E-state index in [0.717, 1.165) is 27.8 Å². The van der Waals surface area contributed by atoms with Crippen molar-refractivity contribution in [2.24, 2.45) is 0 Å². The Bertz CT molecular complexity index is 1650. The smallest absolute Gasteiger partial charge is 0.245 e. The first-order valence-electron chi connectivity index (χ1n) is 12.2. The van der Waals surface area contributed by atoms with Crippen molar-refractivity contribution in [1.82, 2.24) is 19.3 Å². The molecule has 1 aliphatic heterocycles. The van der Waals surface area contributed by atoms with Crippen molar-refractivity contribution in [1.29, 1.82) is 0 Å². The van der Waals surface area contributed by atoms with Gasteiger partial charge < -0.3 is 9.72 Å². The summed E-state index contributed by atoms with van der Waals surface area (Å²) in [6.45, 7) is 0.916. The molecule has 1 aliphatic rings. The lowest BCUT2D eigenvalue weighted by molar-refractivity contribution is 0.0668. The Kier molecular flexibility index (Phi) is 6.30. The highest BCUT2D eigenvalue weighted by Gasteiger charge is 2.35. The number of H-pyrrole nitrogens is 1. The van der Waals surface area contributed by atoms with E-state index in [1.54, 1.807) is 22.6 Å². The van der Waals surface area contributed by atoms with Gasteiger partial charge in [0, 0.05) is 36.3 Å². The molecule has 0 fully saturated rings. The molecule has 3 aromatic carbocycles. The Morgan fingerprint density at radius 1 is 0.919 bits per heavy atom. The first-order valence-corrected chi connectivity index (χ1v) is 13.6. The molecule has 7 nitrogen and oxygen atoms in total. The van der Waals surface area contributed by atoms with Gasteiger partial charge in [0.2, 0.25) is 10.0 Å². The fourth-order valence-corrected chi connectivity index (χ4v) is 6.59. The number of fused-ring (bicyclic) bond motifs is 2. The third-order valence-electron chi connectivity index (χ3n) is 6.73. The number of hydrogen-bond donors (Lipinski definition) is 1. The minimum Gasteiger partial charge on any atom is -0.375 e. The Morgan fingerprint density at radius 2 is 1.70 bits per heavy atom. The molecule has 2 aromatic heterocycles. The number of benzene rings is 3. The van der Waals surface area contributed by atoms with E-state index in [-0.39, 0.29) is 18.0 Å². The molecule has 0 bridgehead atoms. The van der Waals surface area contributed by atoms with Crippen LogP contribution in [0.2, 0.25) is 0 Å². The van der Waals surface area contributed by atoms with Gasteiger partial charge in [-0.1, -0.05) is 72.8 Å². The third-order valence-corrected chi connectivity index (χ3v) is 8.66. The first-order chi connectivity index (χ1) is 18.1. The summed E-state index contributed by atoms with van der Waals surface area (Å²) in [4.78, 5) is 12.6. The maximum atomic E-state index is 14.3. The van der Waals surface area contributed by atoms with E-state index in [9.17, 15) is 8.42 Å². The van der Waals surface area contributed by atoms with Gasteiger partial charge >= 0.3 is 0 Å². The normalized spacial score (nSPS) is 16.7. The molecule has 3 heterocycles. The molecule has 5 aromatic rings. The largest absolute Gasteiger partial charge is 0.375 e. The summed E-state index contributed by atoms with van der Waals surface area (Å²) < 4.78 is 36.2. The number of nitrogens with one attached hydrogen (secondary N) is 1. The molecule has 1 N–H and O–H groups in total. The predicted octanol–water partition coefficient (Wildman–Crippen LogP) is 4.96. The van der Waals surface area contributed by atoms with Crippen LogP contribution in [0.15, 0.2) is 102 Å². The molecule has 0 spiro atoms. The molecule has 1 unspecified atom stereocenters. The second-order valence-electron chi connectivity index (χ2n) is 9.12. The van der Waals surface area contributed by atoms with Crippen LogP contribution in [-0.4, -0.2) is 40.3 Å². The number of hydrogen-bond acceptors (Lipinski definition) is 5. The lowest BCUT2D eigenvalue weighted by Gasteiger charge is -2.33. The molecule has 0 saturated carbocycles. The van der Waals surface area contributed by atoms with Gasteiger partial charge in [0.25, 0.3) is 0 Å². The van der Waals surface area contributed by atoms with E-state index in [2.05, 4.69) is 9.97 Å². The van der Waals surface area contributed by atoms with Crippen LogP contribution >= 0.6 is 0 Å². The topological polar surface area (TPSA) is 88.2 Å². The number of nitrogens with zero attached hydrogens (tertiary/aromatic N) is 3. The number of rotatable bonds is 5. The number of ether oxygens (including phenoxy) is 1. The Morgan fingerprint density at radius 3 is 2.57 bits per heavy atom. The molecular formula is C29H26N4O3S. The van der Waals surface area contributed by atoms with Gasteiger partial charge in [0.05, 0.1) is 30.5 Å². The summed E-state index contributed by atoms with van der Waals surface area (Å²) in [6.07, 6.45) is 3.86. The van der Waals surface area contributed by atoms with E-state index in [0.29, 0.717) is 24.4 Å². The van der Waals surface area contributed by atoms with E-state index in [4.69, 9.17) is 9.72 Å². The van der Waals surface area contributed by atoms with Gasteiger partial charge in [0.15, 0.2) is 0 Å². The van der Waals surface area contributed by atoms with Crippen molar-refractivity contribution < 1.29 is 13.2 Å². The van der Waals surface area contributed by atoms with Crippen molar-refractivity contribution in [3.05, 3.63) is 114 Å². The number of aromatic amines is 1. The number of aromatic nitrogens is 3. The molecule has 8 heteroatoms. The monoisotopic (exact) mass is 510 g/mol. The van der Waals surface area contributed by atoms with Crippen LogP contribution in [-0.2, 0) is 34.3 Å². The lowest BCUT2D eigenvalue weighted by atomic mass is 10.1. The molecular weight excluding hydrogens is 484 g/mol.